The summed E-state index contributed by atoms with van der Waals surface area (Å²) in [5, 5.41) is 0. The fourth-order valence-corrected chi connectivity index (χ4v) is 2.59. The van der Waals surface area contributed by atoms with Gasteiger partial charge in [0.2, 0.25) is 0 Å². The number of aryl methyl sites for hydroxylation is 2. The lowest BCUT2D eigenvalue weighted by Gasteiger charge is -2.19. The highest BCUT2D eigenvalue weighted by atomic mass is 14.6. The second-order valence-corrected chi connectivity index (χ2v) is 5.10. The van der Waals surface area contributed by atoms with E-state index in [4.69, 9.17) is 5.73 Å². The molecular formula is C16H23N. The molecule has 1 aliphatic rings. The number of benzene rings is 1. The van der Waals surface area contributed by atoms with Crippen LogP contribution in [0.5, 0.6) is 0 Å². The second-order valence-electron chi connectivity index (χ2n) is 5.10. The molecule has 1 unspecified atom stereocenters. The SMILES string of the molecule is Cc1ccccc1CCC(N)C1=CCCCC1. The molecule has 0 spiro atoms. The Balaban J connectivity index is 1.89. The van der Waals surface area contributed by atoms with Crippen LogP contribution in [0.4, 0.5) is 0 Å². The third kappa shape index (κ3) is 3.44. The highest BCUT2D eigenvalue weighted by Crippen LogP contribution is 2.22. The zero-order chi connectivity index (χ0) is 12.1. The molecule has 1 aliphatic carbocycles. The summed E-state index contributed by atoms with van der Waals surface area (Å²) < 4.78 is 0. The molecule has 1 nitrogen and oxygen atoms in total. The zero-order valence-electron chi connectivity index (χ0n) is 10.8. The Morgan fingerprint density at radius 3 is 2.76 bits per heavy atom. The molecular weight excluding hydrogens is 206 g/mol. The molecule has 0 amide bonds. The van der Waals surface area contributed by atoms with Gasteiger partial charge in [-0.25, -0.2) is 0 Å². The summed E-state index contributed by atoms with van der Waals surface area (Å²) in [6, 6.07) is 8.89. The summed E-state index contributed by atoms with van der Waals surface area (Å²) in [7, 11) is 0. The second kappa shape index (κ2) is 6.02. The lowest BCUT2D eigenvalue weighted by atomic mass is 9.90. The number of nitrogens with two attached hydrogens (primary N) is 1. The molecule has 0 aliphatic heterocycles. The molecule has 0 radical (unpaired) electrons. The standard InChI is InChI=1S/C16H23N/c1-13-7-5-6-8-14(13)11-12-16(17)15-9-3-2-4-10-15/h5-9,16H,2-4,10-12,17H2,1H3. The van der Waals surface area contributed by atoms with Crippen LogP contribution in [0.1, 0.15) is 43.2 Å². The molecule has 0 heterocycles. The van der Waals surface area contributed by atoms with Crippen LogP contribution in [0, 0.1) is 6.92 Å². The first-order valence-corrected chi connectivity index (χ1v) is 6.76. The van der Waals surface area contributed by atoms with E-state index in [0.717, 1.165) is 12.8 Å². The summed E-state index contributed by atoms with van der Waals surface area (Å²) >= 11 is 0. The van der Waals surface area contributed by atoms with E-state index in [-0.39, 0.29) is 6.04 Å². The highest BCUT2D eigenvalue weighted by molar-refractivity contribution is 5.26. The van der Waals surface area contributed by atoms with Crippen molar-refractivity contribution in [3.05, 3.63) is 47.0 Å². The van der Waals surface area contributed by atoms with Gasteiger partial charge in [0.15, 0.2) is 0 Å². The van der Waals surface area contributed by atoms with E-state index < -0.39 is 0 Å². The quantitative estimate of drug-likeness (QED) is 0.782. The van der Waals surface area contributed by atoms with Crippen LogP contribution < -0.4 is 5.73 Å². The van der Waals surface area contributed by atoms with Crippen LogP contribution in [-0.2, 0) is 6.42 Å². The van der Waals surface area contributed by atoms with Crippen molar-refractivity contribution >= 4 is 0 Å². The Bertz CT molecular complexity index is 392. The van der Waals surface area contributed by atoms with Crippen molar-refractivity contribution < 1.29 is 0 Å². The van der Waals surface area contributed by atoms with E-state index in [1.165, 1.54) is 42.4 Å². The van der Waals surface area contributed by atoms with Crippen molar-refractivity contribution in [2.45, 2.75) is 51.5 Å². The van der Waals surface area contributed by atoms with Gasteiger partial charge in [-0.2, -0.15) is 0 Å². The lowest BCUT2D eigenvalue weighted by molar-refractivity contribution is 0.604. The van der Waals surface area contributed by atoms with E-state index in [2.05, 4.69) is 37.3 Å². The first kappa shape index (κ1) is 12.4. The van der Waals surface area contributed by atoms with Gasteiger partial charge in [-0.1, -0.05) is 35.9 Å². The Morgan fingerprint density at radius 2 is 2.06 bits per heavy atom. The molecule has 1 atom stereocenters. The van der Waals surface area contributed by atoms with Gasteiger partial charge in [0.05, 0.1) is 0 Å². The molecule has 0 saturated carbocycles. The Morgan fingerprint density at radius 1 is 1.24 bits per heavy atom. The van der Waals surface area contributed by atoms with E-state index in [1.807, 2.05) is 0 Å². The average Bonchev–Trinajstić information content (AvgIpc) is 2.38. The molecule has 92 valence electrons. The molecule has 2 rings (SSSR count). The van der Waals surface area contributed by atoms with Gasteiger partial charge < -0.3 is 5.73 Å². The fourth-order valence-electron chi connectivity index (χ4n) is 2.59. The first-order valence-electron chi connectivity index (χ1n) is 6.76. The minimum atomic E-state index is 0.273. The molecule has 1 heteroatoms. The van der Waals surface area contributed by atoms with Gasteiger partial charge in [0.25, 0.3) is 0 Å². The summed E-state index contributed by atoms with van der Waals surface area (Å²) in [5.74, 6) is 0. The molecule has 2 N–H and O–H groups in total. The van der Waals surface area contributed by atoms with Crippen molar-refractivity contribution in [3.8, 4) is 0 Å². The smallest absolute Gasteiger partial charge is 0.0256 e. The minimum Gasteiger partial charge on any atom is -0.324 e. The zero-order valence-corrected chi connectivity index (χ0v) is 10.8. The molecule has 0 saturated heterocycles. The van der Waals surface area contributed by atoms with Crippen LogP contribution in [0.2, 0.25) is 0 Å². The molecule has 0 aromatic heterocycles. The normalized spacial score (nSPS) is 17.6. The first-order chi connectivity index (χ1) is 8.27. The van der Waals surface area contributed by atoms with Crippen LogP contribution in [-0.4, -0.2) is 6.04 Å². The van der Waals surface area contributed by atoms with E-state index >= 15 is 0 Å². The summed E-state index contributed by atoms with van der Waals surface area (Å²) in [6.07, 6.45) is 9.66. The van der Waals surface area contributed by atoms with Gasteiger partial charge >= 0.3 is 0 Å². The lowest BCUT2D eigenvalue weighted by Crippen LogP contribution is -2.24. The van der Waals surface area contributed by atoms with Crippen molar-refractivity contribution in [2.24, 2.45) is 5.73 Å². The average molecular weight is 229 g/mol. The Labute approximate surface area is 105 Å². The molecule has 17 heavy (non-hydrogen) atoms. The van der Waals surface area contributed by atoms with Crippen molar-refractivity contribution in [2.75, 3.05) is 0 Å². The highest BCUT2D eigenvalue weighted by Gasteiger charge is 2.12. The molecule has 0 bridgehead atoms. The number of allylic oxidation sites excluding steroid dienone is 1. The maximum Gasteiger partial charge on any atom is 0.0256 e. The van der Waals surface area contributed by atoms with E-state index in [9.17, 15) is 0 Å². The Kier molecular flexibility index (Phi) is 4.38. The predicted molar refractivity (Wildman–Crippen MR) is 74.0 cm³/mol. The Hall–Kier alpha value is -1.08. The molecule has 0 fully saturated rings. The minimum absolute atomic E-state index is 0.273. The molecule has 1 aromatic rings. The van der Waals surface area contributed by atoms with Crippen molar-refractivity contribution in [1.82, 2.24) is 0 Å². The monoisotopic (exact) mass is 229 g/mol. The number of hydrogen-bond acceptors (Lipinski definition) is 1. The maximum absolute atomic E-state index is 6.28. The van der Waals surface area contributed by atoms with Crippen molar-refractivity contribution in [1.29, 1.82) is 0 Å². The van der Waals surface area contributed by atoms with Gasteiger partial charge in [0, 0.05) is 6.04 Å². The van der Waals surface area contributed by atoms with Crippen LogP contribution in [0.15, 0.2) is 35.9 Å². The number of rotatable bonds is 4. The third-order valence-electron chi connectivity index (χ3n) is 3.79. The van der Waals surface area contributed by atoms with Gasteiger partial charge in [-0.15, -0.1) is 0 Å². The topological polar surface area (TPSA) is 26.0 Å². The third-order valence-corrected chi connectivity index (χ3v) is 3.79. The molecule has 1 aromatic carbocycles. The van der Waals surface area contributed by atoms with Gasteiger partial charge in [-0.3, -0.25) is 0 Å². The fraction of sp³-hybridized carbons (Fsp3) is 0.500. The summed E-state index contributed by atoms with van der Waals surface area (Å²) in [6.45, 7) is 2.18. The predicted octanol–water partition coefficient (Wildman–Crippen LogP) is 3.76. The summed E-state index contributed by atoms with van der Waals surface area (Å²) in [4.78, 5) is 0. The van der Waals surface area contributed by atoms with Crippen LogP contribution in [0.3, 0.4) is 0 Å². The van der Waals surface area contributed by atoms with E-state index in [0.29, 0.717) is 0 Å². The summed E-state index contributed by atoms with van der Waals surface area (Å²) in [5.41, 5.74) is 10.6. The van der Waals surface area contributed by atoms with Crippen molar-refractivity contribution in [3.63, 3.8) is 0 Å². The largest absolute Gasteiger partial charge is 0.324 e. The van der Waals surface area contributed by atoms with Gasteiger partial charge in [-0.05, 0) is 56.6 Å². The van der Waals surface area contributed by atoms with Gasteiger partial charge in [0.1, 0.15) is 0 Å². The van der Waals surface area contributed by atoms with E-state index in [1.54, 1.807) is 0 Å². The van der Waals surface area contributed by atoms with Crippen LogP contribution in [0.25, 0.3) is 0 Å². The maximum atomic E-state index is 6.28. The number of hydrogen-bond donors (Lipinski definition) is 1. The van der Waals surface area contributed by atoms with Crippen LogP contribution >= 0.6 is 0 Å².